The zero-order valence-corrected chi connectivity index (χ0v) is 14.2. The van der Waals surface area contributed by atoms with Crippen molar-refractivity contribution in [2.75, 3.05) is 19.6 Å². The molecule has 1 saturated heterocycles. The van der Waals surface area contributed by atoms with Crippen molar-refractivity contribution in [2.24, 2.45) is 11.3 Å². The van der Waals surface area contributed by atoms with Gasteiger partial charge in [0.15, 0.2) is 0 Å². The standard InChI is InChI=1S/C17H26N4O2/c1-11-4-6-21(7-5-11)14(22)8-13-19-12-9-17(2,3)10-18-16(23)15(12)20-13/h11H,4-10H2,1-3H3,(H,18,23)(H,19,20). The number of hydrogen-bond donors (Lipinski definition) is 2. The first-order valence-electron chi connectivity index (χ1n) is 8.48. The quantitative estimate of drug-likeness (QED) is 0.868. The highest BCUT2D eigenvalue weighted by atomic mass is 16.2. The van der Waals surface area contributed by atoms with Gasteiger partial charge < -0.3 is 15.2 Å². The van der Waals surface area contributed by atoms with Crippen LogP contribution in [0.25, 0.3) is 0 Å². The topological polar surface area (TPSA) is 78.1 Å². The minimum absolute atomic E-state index is 0.0161. The van der Waals surface area contributed by atoms with Gasteiger partial charge in [-0.05, 0) is 30.6 Å². The Bertz CT molecular complexity index is 612. The number of imidazole rings is 1. The van der Waals surface area contributed by atoms with Crippen molar-refractivity contribution in [1.82, 2.24) is 20.2 Å². The number of hydrogen-bond acceptors (Lipinski definition) is 3. The fourth-order valence-electron chi connectivity index (χ4n) is 3.32. The van der Waals surface area contributed by atoms with Crippen molar-refractivity contribution in [1.29, 1.82) is 0 Å². The van der Waals surface area contributed by atoms with Gasteiger partial charge in [-0.15, -0.1) is 0 Å². The summed E-state index contributed by atoms with van der Waals surface area (Å²) in [5.74, 6) is 1.25. The largest absolute Gasteiger partial charge is 0.350 e. The van der Waals surface area contributed by atoms with Crippen LogP contribution in [0.15, 0.2) is 0 Å². The second kappa shape index (κ2) is 5.98. The third-order valence-electron chi connectivity index (χ3n) is 4.88. The molecule has 2 amide bonds. The van der Waals surface area contributed by atoms with E-state index < -0.39 is 0 Å². The number of aromatic nitrogens is 2. The average Bonchev–Trinajstić information content (AvgIpc) is 2.82. The van der Waals surface area contributed by atoms with E-state index in [0.29, 0.717) is 24.0 Å². The molecule has 0 bridgehead atoms. The van der Waals surface area contributed by atoms with Crippen LogP contribution in [0.2, 0.25) is 0 Å². The number of piperidine rings is 1. The molecule has 6 nitrogen and oxygen atoms in total. The van der Waals surface area contributed by atoms with Crippen LogP contribution in [0.5, 0.6) is 0 Å². The van der Waals surface area contributed by atoms with E-state index in [0.717, 1.165) is 38.0 Å². The first-order valence-corrected chi connectivity index (χ1v) is 8.48. The molecule has 0 aromatic carbocycles. The smallest absolute Gasteiger partial charge is 0.271 e. The van der Waals surface area contributed by atoms with Crippen LogP contribution in [0.4, 0.5) is 0 Å². The molecule has 0 radical (unpaired) electrons. The Morgan fingerprint density at radius 3 is 2.74 bits per heavy atom. The first-order chi connectivity index (χ1) is 10.8. The summed E-state index contributed by atoms with van der Waals surface area (Å²) < 4.78 is 0. The predicted octanol–water partition coefficient (Wildman–Crippen LogP) is 1.52. The average molecular weight is 318 g/mol. The van der Waals surface area contributed by atoms with E-state index in [-0.39, 0.29) is 23.7 Å². The summed E-state index contributed by atoms with van der Waals surface area (Å²) in [7, 11) is 0. The Kier molecular flexibility index (Phi) is 4.17. The third-order valence-corrected chi connectivity index (χ3v) is 4.88. The number of nitrogens with zero attached hydrogens (tertiary/aromatic N) is 2. The number of aromatic amines is 1. The SMILES string of the molecule is CC1CCN(C(=O)Cc2nc3c([nH]2)CC(C)(C)CNC3=O)CC1. The summed E-state index contributed by atoms with van der Waals surface area (Å²) in [5.41, 5.74) is 1.28. The molecule has 1 aromatic heterocycles. The minimum atomic E-state index is -0.146. The van der Waals surface area contributed by atoms with Crippen molar-refractivity contribution in [3.05, 3.63) is 17.2 Å². The Hall–Kier alpha value is -1.85. The van der Waals surface area contributed by atoms with Gasteiger partial charge in [0.05, 0.1) is 6.42 Å². The third kappa shape index (κ3) is 3.57. The maximum atomic E-state index is 12.4. The van der Waals surface area contributed by atoms with Crippen LogP contribution in [-0.2, 0) is 17.6 Å². The molecule has 6 heteroatoms. The lowest BCUT2D eigenvalue weighted by Crippen LogP contribution is -2.39. The number of H-pyrrole nitrogens is 1. The second-order valence-electron chi connectivity index (χ2n) is 7.77. The van der Waals surface area contributed by atoms with E-state index in [9.17, 15) is 9.59 Å². The van der Waals surface area contributed by atoms with E-state index in [4.69, 9.17) is 0 Å². The minimum Gasteiger partial charge on any atom is -0.350 e. The van der Waals surface area contributed by atoms with Gasteiger partial charge in [-0.25, -0.2) is 4.98 Å². The molecule has 0 atom stereocenters. The van der Waals surface area contributed by atoms with E-state index in [1.807, 2.05) is 4.90 Å². The highest BCUT2D eigenvalue weighted by Crippen LogP contribution is 2.25. The highest BCUT2D eigenvalue weighted by molar-refractivity contribution is 5.94. The molecular formula is C17H26N4O2. The lowest BCUT2D eigenvalue weighted by molar-refractivity contribution is -0.131. The molecule has 0 saturated carbocycles. The van der Waals surface area contributed by atoms with Gasteiger partial charge in [0.25, 0.3) is 5.91 Å². The van der Waals surface area contributed by atoms with E-state index in [1.165, 1.54) is 0 Å². The lowest BCUT2D eigenvalue weighted by atomic mass is 9.88. The summed E-state index contributed by atoms with van der Waals surface area (Å²) in [6, 6.07) is 0. The Balaban J connectivity index is 1.71. The second-order valence-corrected chi connectivity index (χ2v) is 7.77. The summed E-state index contributed by atoms with van der Waals surface area (Å²) in [5, 5.41) is 2.91. The molecular weight excluding hydrogens is 292 g/mol. The number of amides is 2. The van der Waals surface area contributed by atoms with Crippen LogP contribution in [0, 0.1) is 11.3 Å². The normalized spacial score (nSPS) is 21.5. The molecule has 1 aromatic rings. The Morgan fingerprint density at radius 2 is 2.04 bits per heavy atom. The first kappa shape index (κ1) is 16.0. The lowest BCUT2D eigenvalue weighted by Gasteiger charge is -2.30. The molecule has 3 rings (SSSR count). The summed E-state index contributed by atoms with van der Waals surface area (Å²) >= 11 is 0. The maximum Gasteiger partial charge on any atom is 0.271 e. The number of fused-ring (bicyclic) bond motifs is 1. The number of likely N-dealkylation sites (tertiary alicyclic amines) is 1. The Labute approximate surface area is 137 Å². The molecule has 23 heavy (non-hydrogen) atoms. The zero-order chi connectivity index (χ0) is 16.6. The van der Waals surface area contributed by atoms with Crippen LogP contribution >= 0.6 is 0 Å². The van der Waals surface area contributed by atoms with Crippen molar-refractivity contribution >= 4 is 11.8 Å². The molecule has 0 unspecified atom stereocenters. The van der Waals surface area contributed by atoms with E-state index in [2.05, 4.69) is 36.1 Å². The fourth-order valence-corrected chi connectivity index (χ4v) is 3.32. The monoisotopic (exact) mass is 318 g/mol. The number of carbonyl (C=O) groups excluding carboxylic acids is 2. The van der Waals surface area contributed by atoms with Gasteiger partial charge in [-0.2, -0.15) is 0 Å². The predicted molar refractivity (Wildman–Crippen MR) is 87.1 cm³/mol. The van der Waals surface area contributed by atoms with Crippen LogP contribution in [-0.4, -0.2) is 46.3 Å². The zero-order valence-electron chi connectivity index (χ0n) is 14.2. The van der Waals surface area contributed by atoms with Gasteiger partial charge in [0, 0.05) is 25.3 Å². The molecule has 2 aliphatic heterocycles. The van der Waals surface area contributed by atoms with Crippen molar-refractivity contribution < 1.29 is 9.59 Å². The summed E-state index contributed by atoms with van der Waals surface area (Å²) in [6.07, 6.45) is 3.13. The molecule has 3 heterocycles. The van der Waals surface area contributed by atoms with E-state index >= 15 is 0 Å². The van der Waals surface area contributed by atoms with Gasteiger partial charge >= 0.3 is 0 Å². The number of carbonyl (C=O) groups is 2. The van der Waals surface area contributed by atoms with Crippen LogP contribution in [0.3, 0.4) is 0 Å². The van der Waals surface area contributed by atoms with Gasteiger partial charge in [-0.3, -0.25) is 9.59 Å². The molecule has 0 spiro atoms. The van der Waals surface area contributed by atoms with Gasteiger partial charge in [0.2, 0.25) is 5.91 Å². The molecule has 126 valence electrons. The number of nitrogens with one attached hydrogen (secondary N) is 2. The fraction of sp³-hybridized carbons (Fsp3) is 0.706. The molecule has 0 aliphatic carbocycles. The van der Waals surface area contributed by atoms with Crippen LogP contribution < -0.4 is 5.32 Å². The summed E-state index contributed by atoms with van der Waals surface area (Å²) in [6.45, 7) is 8.75. The van der Waals surface area contributed by atoms with Crippen molar-refractivity contribution in [2.45, 2.75) is 46.5 Å². The van der Waals surface area contributed by atoms with E-state index in [1.54, 1.807) is 0 Å². The Morgan fingerprint density at radius 1 is 1.35 bits per heavy atom. The molecule has 1 fully saturated rings. The number of rotatable bonds is 2. The van der Waals surface area contributed by atoms with Gasteiger partial charge in [-0.1, -0.05) is 20.8 Å². The highest BCUT2D eigenvalue weighted by Gasteiger charge is 2.30. The maximum absolute atomic E-state index is 12.4. The molecule has 2 aliphatic rings. The van der Waals surface area contributed by atoms with Crippen LogP contribution in [0.1, 0.15) is 55.6 Å². The molecule has 2 N–H and O–H groups in total. The van der Waals surface area contributed by atoms with Crippen molar-refractivity contribution in [3.8, 4) is 0 Å². The summed E-state index contributed by atoms with van der Waals surface area (Å²) in [4.78, 5) is 34.1. The van der Waals surface area contributed by atoms with Crippen molar-refractivity contribution in [3.63, 3.8) is 0 Å². The van der Waals surface area contributed by atoms with Gasteiger partial charge in [0.1, 0.15) is 11.5 Å².